The van der Waals surface area contributed by atoms with Crippen molar-refractivity contribution in [1.29, 1.82) is 5.26 Å². The van der Waals surface area contributed by atoms with Crippen LogP contribution >= 0.6 is 0 Å². The SMILES string of the molecule is N#Cc1ccc(CN2CCN(Cc3ccc(F)c(F)c3)C(=O)C2)c(F)c1. The lowest BCUT2D eigenvalue weighted by molar-refractivity contribution is -0.136. The number of hydrogen-bond donors (Lipinski definition) is 0. The largest absolute Gasteiger partial charge is 0.336 e. The van der Waals surface area contributed by atoms with Gasteiger partial charge in [-0.15, -0.1) is 0 Å². The minimum Gasteiger partial charge on any atom is -0.336 e. The normalized spacial score (nSPS) is 15.2. The molecule has 0 spiro atoms. The molecule has 0 atom stereocenters. The van der Waals surface area contributed by atoms with E-state index in [2.05, 4.69) is 0 Å². The van der Waals surface area contributed by atoms with Crippen LogP contribution in [0.5, 0.6) is 0 Å². The predicted octanol–water partition coefficient (Wildman–Crippen LogP) is 2.82. The molecule has 0 aromatic heterocycles. The highest BCUT2D eigenvalue weighted by Gasteiger charge is 2.24. The molecule has 1 heterocycles. The first-order chi connectivity index (χ1) is 12.5. The fraction of sp³-hybridized carbons (Fsp3) is 0.263. The van der Waals surface area contributed by atoms with Gasteiger partial charge in [0.25, 0.3) is 0 Å². The molecule has 0 N–H and O–H groups in total. The number of nitriles is 1. The van der Waals surface area contributed by atoms with Crippen LogP contribution in [0.1, 0.15) is 16.7 Å². The Morgan fingerprint density at radius 2 is 1.77 bits per heavy atom. The molecule has 134 valence electrons. The van der Waals surface area contributed by atoms with Crippen LogP contribution < -0.4 is 0 Å². The van der Waals surface area contributed by atoms with Gasteiger partial charge >= 0.3 is 0 Å². The fourth-order valence-corrected chi connectivity index (χ4v) is 2.90. The van der Waals surface area contributed by atoms with Crippen molar-refractivity contribution < 1.29 is 18.0 Å². The zero-order chi connectivity index (χ0) is 18.7. The van der Waals surface area contributed by atoms with Gasteiger partial charge in [-0.3, -0.25) is 9.69 Å². The van der Waals surface area contributed by atoms with E-state index in [-0.39, 0.29) is 31.1 Å². The fourth-order valence-electron chi connectivity index (χ4n) is 2.90. The number of hydrogen-bond acceptors (Lipinski definition) is 3. The summed E-state index contributed by atoms with van der Waals surface area (Å²) in [4.78, 5) is 15.7. The molecule has 1 fully saturated rings. The second-order valence-corrected chi connectivity index (χ2v) is 6.19. The number of halogens is 3. The third-order valence-electron chi connectivity index (χ3n) is 4.33. The maximum atomic E-state index is 14.0. The number of carbonyl (C=O) groups is 1. The first kappa shape index (κ1) is 18.0. The summed E-state index contributed by atoms with van der Waals surface area (Å²) in [6.07, 6.45) is 0. The van der Waals surface area contributed by atoms with Gasteiger partial charge in [0, 0.05) is 31.7 Å². The summed E-state index contributed by atoms with van der Waals surface area (Å²) in [5, 5.41) is 8.77. The van der Waals surface area contributed by atoms with Crippen molar-refractivity contribution in [2.45, 2.75) is 13.1 Å². The highest BCUT2D eigenvalue weighted by Crippen LogP contribution is 2.17. The van der Waals surface area contributed by atoms with Gasteiger partial charge < -0.3 is 4.90 Å². The Morgan fingerprint density at radius 3 is 2.42 bits per heavy atom. The van der Waals surface area contributed by atoms with Crippen LogP contribution in [0.25, 0.3) is 0 Å². The Balaban J connectivity index is 1.60. The maximum Gasteiger partial charge on any atom is 0.237 e. The second kappa shape index (κ2) is 7.58. The highest BCUT2D eigenvalue weighted by molar-refractivity contribution is 5.79. The zero-order valence-electron chi connectivity index (χ0n) is 13.9. The van der Waals surface area contributed by atoms with Gasteiger partial charge in [0.2, 0.25) is 5.91 Å². The van der Waals surface area contributed by atoms with E-state index in [9.17, 15) is 18.0 Å². The maximum absolute atomic E-state index is 14.0. The average molecular weight is 359 g/mol. The molecule has 0 radical (unpaired) electrons. The predicted molar refractivity (Wildman–Crippen MR) is 88.2 cm³/mol. The van der Waals surface area contributed by atoms with Gasteiger partial charge in [-0.25, -0.2) is 13.2 Å². The Labute approximate surface area is 149 Å². The van der Waals surface area contributed by atoms with Gasteiger partial charge in [0.05, 0.1) is 18.2 Å². The monoisotopic (exact) mass is 359 g/mol. The summed E-state index contributed by atoms with van der Waals surface area (Å²) >= 11 is 0. The van der Waals surface area contributed by atoms with Crippen molar-refractivity contribution in [3.8, 4) is 6.07 Å². The number of amides is 1. The van der Waals surface area contributed by atoms with E-state index in [1.54, 1.807) is 17.0 Å². The molecule has 2 aromatic carbocycles. The first-order valence-corrected chi connectivity index (χ1v) is 8.09. The van der Waals surface area contributed by atoms with Crippen molar-refractivity contribution in [2.24, 2.45) is 0 Å². The van der Waals surface area contributed by atoms with Crippen molar-refractivity contribution in [3.05, 3.63) is 70.5 Å². The summed E-state index contributed by atoms with van der Waals surface area (Å²) in [6.45, 7) is 1.53. The highest BCUT2D eigenvalue weighted by atomic mass is 19.2. The topological polar surface area (TPSA) is 47.3 Å². The Kier molecular flexibility index (Phi) is 5.24. The van der Waals surface area contributed by atoms with E-state index in [0.717, 1.165) is 12.1 Å². The van der Waals surface area contributed by atoms with E-state index in [1.165, 1.54) is 12.1 Å². The van der Waals surface area contributed by atoms with Gasteiger partial charge in [0.15, 0.2) is 11.6 Å². The molecule has 1 aliphatic heterocycles. The van der Waals surface area contributed by atoms with Gasteiger partial charge in [0.1, 0.15) is 5.82 Å². The molecule has 7 heteroatoms. The molecule has 4 nitrogen and oxygen atoms in total. The minimum atomic E-state index is -0.940. The van der Waals surface area contributed by atoms with Crippen LogP contribution in [-0.4, -0.2) is 35.3 Å². The van der Waals surface area contributed by atoms with Crippen molar-refractivity contribution in [2.75, 3.05) is 19.6 Å². The molecular weight excluding hydrogens is 343 g/mol. The Morgan fingerprint density at radius 1 is 0.962 bits per heavy atom. The molecular formula is C19H16F3N3O. The van der Waals surface area contributed by atoms with E-state index in [1.807, 2.05) is 11.0 Å². The third-order valence-corrected chi connectivity index (χ3v) is 4.33. The molecule has 0 aliphatic carbocycles. The average Bonchev–Trinajstić information content (AvgIpc) is 2.62. The molecule has 1 saturated heterocycles. The van der Waals surface area contributed by atoms with Crippen molar-refractivity contribution >= 4 is 5.91 Å². The molecule has 0 bridgehead atoms. The standard InChI is InChI=1S/C19H16F3N3O/c20-16-4-2-14(8-18(16)22)10-25-6-5-24(12-19(25)26)11-15-3-1-13(9-23)7-17(15)21/h1-4,7-8H,5-6,10-12H2. The molecule has 0 unspecified atom stereocenters. The van der Waals surface area contributed by atoms with Crippen LogP contribution in [0.3, 0.4) is 0 Å². The lowest BCUT2D eigenvalue weighted by atomic mass is 10.1. The van der Waals surface area contributed by atoms with E-state index < -0.39 is 17.5 Å². The number of benzene rings is 2. The Bertz CT molecular complexity index is 879. The van der Waals surface area contributed by atoms with Crippen LogP contribution in [0, 0.1) is 28.8 Å². The minimum absolute atomic E-state index is 0.114. The first-order valence-electron chi connectivity index (χ1n) is 8.09. The Hall–Kier alpha value is -2.85. The van der Waals surface area contributed by atoms with Crippen LogP contribution in [0.4, 0.5) is 13.2 Å². The van der Waals surface area contributed by atoms with Crippen LogP contribution in [0.15, 0.2) is 36.4 Å². The van der Waals surface area contributed by atoms with Gasteiger partial charge in [-0.05, 0) is 29.8 Å². The summed E-state index contributed by atoms with van der Waals surface area (Å²) in [6, 6.07) is 9.72. The molecule has 2 aromatic rings. The van der Waals surface area contributed by atoms with E-state index in [0.29, 0.717) is 24.2 Å². The summed E-state index contributed by atoms with van der Waals surface area (Å²) in [7, 11) is 0. The zero-order valence-corrected chi connectivity index (χ0v) is 13.9. The van der Waals surface area contributed by atoms with Gasteiger partial charge in [-0.1, -0.05) is 12.1 Å². The van der Waals surface area contributed by atoms with E-state index >= 15 is 0 Å². The number of piperazine rings is 1. The number of nitrogens with zero attached hydrogens (tertiary/aromatic N) is 3. The quantitative estimate of drug-likeness (QED) is 0.843. The lowest BCUT2D eigenvalue weighted by Gasteiger charge is -2.34. The van der Waals surface area contributed by atoms with Crippen molar-refractivity contribution in [1.82, 2.24) is 9.80 Å². The number of carbonyl (C=O) groups excluding carboxylic acids is 1. The summed E-state index contributed by atoms with van der Waals surface area (Å²) < 4.78 is 40.3. The van der Waals surface area contributed by atoms with Crippen molar-refractivity contribution in [3.63, 3.8) is 0 Å². The molecule has 26 heavy (non-hydrogen) atoms. The summed E-state index contributed by atoms with van der Waals surface area (Å²) in [5.41, 5.74) is 1.19. The molecule has 0 saturated carbocycles. The van der Waals surface area contributed by atoms with E-state index in [4.69, 9.17) is 5.26 Å². The van der Waals surface area contributed by atoms with Gasteiger partial charge in [-0.2, -0.15) is 5.26 Å². The number of rotatable bonds is 4. The smallest absolute Gasteiger partial charge is 0.237 e. The van der Waals surface area contributed by atoms with Crippen LogP contribution in [-0.2, 0) is 17.9 Å². The second-order valence-electron chi connectivity index (χ2n) is 6.19. The molecule has 1 amide bonds. The lowest BCUT2D eigenvalue weighted by Crippen LogP contribution is -2.49. The van der Waals surface area contributed by atoms with Crippen LogP contribution in [0.2, 0.25) is 0 Å². The summed E-state index contributed by atoms with van der Waals surface area (Å²) in [5.74, 6) is -2.49. The third kappa shape index (κ3) is 4.03. The molecule has 1 aliphatic rings. The molecule has 3 rings (SSSR count).